The fourth-order valence-corrected chi connectivity index (χ4v) is 4.81. The van der Waals surface area contributed by atoms with Crippen molar-refractivity contribution in [1.82, 2.24) is 9.91 Å². The number of hydrazone groups is 1. The van der Waals surface area contributed by atoms with Crippen molar-refractivity contribution >= 4 is 17.9 Å². The molecule has 3 aliphatic rings. The summed E-state index contributed by atoms with van der Waals surface area (Å²) in [4.78, 5) is 18.4. The number of piperidine rings is 1. The van der Waals surface area contributed by atoms with Gasteiger partial charge in [0, 0.05) is 25.9 Å². The van der Waals surface area contributed by atoms with Gasteiger partial charge in [0.2, 0.25) is 0 Å². The number of carboxylic acids is 1. The normalized spacial score (nSPS) is 28.0. The number of rotatable bonds is 7. The van der Waals surface area contributed by atoms with E-state index < -0.39 is 11.6 Å². The highest BCUT2D eigenvalue weighted by molar-refractivity contribution is 6.01. The van der Waals surface area contributed by atoms with Gasteiger partial charge in [-0.2, -0.15) is 5.10 Å². The highest BCUT2D eigenvalue weighted by atomic mass is 16.6. The molecule has 0 radical (unpaired) electrons. The Morgan fingerprint density at radius 2 is 1.88 bits per heavy atom. The quantitative estimate of drug-likeness (QED) is 0.601. The van der Waals surface area contributed by atoms with E-state index in [2.05, 4.69) is 24.1 Å². The van der Waals surface area contributed by atoms with Crippen LogP contribution in [0.15, 0.2) is 34.5 Å². The number of hydrogen-bond acceptors (Lipinski definition) is 8. The number of benzene rings is 1. The molecule has 0 aliphatic carbocycles. The molecule has 3 heterocycles. The predicted molar refractivity (Wildman–Crippen MR) is 125 cm³/mol. The maximum Gasteiger partial charge on any atom is 0.317 e. The summed E-state index contributed by atoms with van der Waals surface area (Å²) in [5, 5.41) is 30.8. The summed E-state index contributed by atoms with van der Waals surface area (Å²) in [6.07, 6.45) is 4.31. The zero-order valence-corrected chi connectivity index (χ0v) is 19.4. The number of likely N-dealkylation sites (tertiary alicyclic amines) is 1. The van der Waals surface area contributed by atoms with E-state index in [1.807, 2.05) is 40.4 Å². The van der Waals surface area contributed by atoms with Crippen LogP contribution in [0.3, 0.4) is 0 Å². The van der Waals surface area contributed by atoms with Crippen LogP contribution in [0.4, 0.5) is 0 Å². The second-order valence-corrected chi connectivity index (χ2v) is 9.56. The molecule has 2 saturated heterocycles. The summed E-state index contributed by atoms with van der Waals surface area (Å²) >= 11 is 0. The summed E-state index contributed by atoms with van der Waals surface area (Å²) < 4.78 is 5.74. The van der Waals surface area contributed by atoms with E-state index in [0.717, 1.165) is 29.9 Å². The molecule has 0 bridgehead atoms. The van der Waals surface area contributed by atoms with Gasteiger partial charge in [-0.3, -0.25) is 14.7 Å². The summed E-state index contributed by atoms with van der Waals surface area (Å²) in [5.74, 6) is -0.833. The first-order valence-electron chi connectivity index (χ1n) is 11.7. The number of aliphatic hydroxyl groups is 1. The summed E-state index contributed by atoms with van der Waals surface area (Å²) in [6, 6.07) is 8.09. The lowest BCUT2D eigenvalue weighted by Gasteiger charge is -2.38. The Labute approximate surface area is 194 Å². The van der Waals surface area contributed by atoms with Crippen LogP contribution in [0.5, 0.6) is 0 Å². The van der Waals surface area contributed by atoms with Crippen molar-refractivity contribution < 1.29 is 24.6 Å². The van der Waals surface area contributed by atoms with Crippen molar-refractivity contribution in [2.45, 2.75) is 63.4 Å². The van der Waals surface area contributed by atoms with Crippen LogP contribution >= 0.6 is 0 Å². The van der Waals surface area contributed by atoms with E-state index in [4.69, 9.17) is 14.7 Å². The standard InChI is InChI=1S/C24H34N4O5/c1-17-14-28(15-18(2)32-17)25-13-19-3-5-20(6-4-19)22-11-21(33-26-22)12-24(31)7-9-27(10-8-24)16-23(29)30/h3-6,13,17-18,21,31H,7-12,14-16H2,1-2H3,(H,29,30)/b25-13+. The Balaban J connectivity index is 1.26. The highest BCUT2D eigenvalue weighted by Crippen LogP contribution is 2.31. The molecule has 4 rings (SSSR count). The molecule has 2 N–H and O–H groups in total. The molecule has 1 aromatic carbocycles. The van der Waals surface area contributed by atoms with Gasteiger partial charge in [-0.25, -0.2) is 0 Å². The van der Waals surface area contributed by atoms with Crippen LogP contribution in [-0.2, 0) is 14.4 Å². The number of carboxylic acid groups (broad SMARTS) is 1. The molecule has 0 spiro atoms. The molecule has 3 aliphatic heterocycles. The van der Waals surface area contributed by atoms with Crippen LogP contribution in [0.1, 0.15) is 50.7 Å². The van der Waals surface area contributed by atoms with E-state index >= 15 is 0 Å². The van der Waals surface area contributed by atoms with Crippen molar-refractivity contribution in [2.24, 2.45) is 10.3 Å². The van der Waals surface area contributed by atoms with Crippen molar-refractivity contribution in [3.63, 3.8) is 0 Å². The largest absolute Gasteiger partial charge is 0.480 e. The van der Waals surface area contributed by atoms with E-state index in [0.29, 0.717) is 38.8 Å². The monoisotopic (exact) mass is 458 g/mol. The van der Waals surface area contributed by atoms with Gasteiger partial charge in [0.1, 0.15) is 6.10 Å². The van der Waals surface area contributed by atoms with Crippen LogP contribution in [0.2, 0.25) is 0 Å². The lowest BCUT2D eigenvalue weighted by Crippen LogP contribution is -2.47. The number of ether oxygens (including phenoxy) is 1. The van der Waals surface area contributed by atoms with Crippen LogP contribution in [-0.4, -0.2) is 94.7 Å². The van der Waals surface area contributed by atoms with Crippen molar-refractivity contribution in [1.29, 1.82) is 0 Å². The minimum absolute atomic E-state index is 0.0225. The molecule has 0 aromatic heterocycles. The molecule has 9 nitrogen and oxygen atoms in total. The van der Waals surface area contributed by atoms with Gasteiger partial charge < -0.3 is 19.8 Å². The number of morpholine rings is 1. The molecule has 33 heavy (non-hydrogen) atoms. The number of oxime groups is 1. The fraction of sp³-hybridized carbons (Fsp3) is 0.625. The van der Waals surface area contributed by atoms with Crippen LogP contribution < -0.4 is 0 Å². The third kappa shape index (κ3) is 6.52. The Morgan fingerprint density at radius 1 is 1.21 bits per heavy atom. The topological polar surface area (TPSA) is 107 Å². The van der Waals surface area contributed by atoms with Gasteiger partial charge in [0.15, 0.2) is 0 Å². The lowest BCUT2D eigenvalue weighted by atomic mass is 9.84. The van der Waals surface area contributed by atoms with Gasteiger partial charge in [-0.05, 0) is 37.8 Å². The maximum atomic E-state index is 10.9. The van der Waals surface area contributed by atoms with Gasteiger partial charge in [-0.1, -0.05) is 29.4 Å². The first kappa shape index (κ1) is 23.7. The second-order valence-electron chi connectivity index (χ2n) is 9.56. The molecule has 0 saturated carbocycles. The Morgan fingerprint density at radius 3 is 2.52 bits per heavy atom. The van der Waals surface area contributed by atoms with Gasteiger partial charge in [0.05, 0.1) is 49.4 Å². The zero-order chi connectivity index (χ0) is 23.4. The van der Waals surface area contributed by atoms with Crippen LogP contribution in [0.25, 0.3) is 0 Å². The smallest absolute Gasteiger partial charge is 0.317 e. The molecule has 1 aromatic rings. The fourth-order valence-electron chi connectivity index (χ4n) is 4.81. The third-order valence-electron chi connectivity index (χ3n) is 6.50. The van der Waals surface area contributed by atoms with E-state index in [9.17, 15) is 9.90 Å². The van der Waals surface area contributed by atoms with Crippen LogP contribution in [0, 0.1) is 0 Å². The lowest BCUT2D eigenvalue weighted by molar-refractivity contribution is -0.140. The number of carbonyl (C=O) groups is 1. The SMILES string of the molecule is CC1CN(/N=C/c2ccc(C3=NOC(CC4(O)CCN(CC(=O)O)CC4)C3)cc2)CC(C)O1. The van der Waals surface area contributed by atoms with Gasteiger partial charge in [0.25, 0.3) is 0 Å². The Kier molecular flexibility index (Phi) is 7.31. The van der Waals surface area contributed by atoms with E-state index in [1.165, 1.54) is 0 Å². The number of hydrogen-bond donors (Lipinski definition) is 2. The average molecular weight is 459 g/mol. The third-order valence-corrected chi connectivity index (χ3v) is 6.50. The predicted octanol–water partition coefficient (Wildman–Crippen LogP) is 1.92. The van der Waals surface area contributed by atoms with E-state index in [-0.39, 0.29) is 24.9 Å². The van der Waals surface area contributed by atoms with Crippen molar-refractivity contribution in [3.8, 4) is 0 Å². The first-order chi connectivity index (χ1) is 15.8. The summed E-state index contributed by atoms with van der Waals surface area (Å²) in [7, 11) is 0. The molecule has 0 amide bonds. The van der Waals surface area contributed by atoms with Gasteiger partial charge >= 0.3 is 5.97 Å². The Hall–Kier alpha value is -2.49. The molecule has 3 unspecified atom stereocenters. The van der Waals surface area contributed by atoms with E-state index in [1.54, 1.807) is 0 Å². The average Bonchev–Trinajstić information content (AvgIpc) is 3.21. The molecular weight excluding hydrogens is 424 g/mol. The minimum Gasteiger partial charge on any atom is -0.480 e. The minimum atomic E-state index is -0.834. The first-order valence-corrected chi connectivity index (χ1v) is 11.7. The Bertz CT molecular complexity index is 869. The molecular formula is C24H34N4O5. The van der Waals surface area contributed by atoms with Crippen molar-refractivity contribution in [3.05, 3.63) is 35.4 Å². The second kappa shape index (κ2) is 10.2. The number of aliphatic carboxylic acids is 1. The molecule has 3 atom stereocenters. The highest BCUT2D eigenvalue weighted by Gasteiger charge is 2.37. The summed E-state index contributed by atoms with van der Waals surface area (Å²) in [6.45, 7) is 6.88. The maximum absolute atomic E-state index is 10.9. The zero-order valence-electron chi connectivity index (χ0n) is 19.4. The summed E-state index contributed by atoms with van der Waals surface area (Å²) in [5.41, 5.74) is 2.07. The number of nitrogens with zero attached hydrogens (tertiary/aromatic N) is 4. The van der Waals surface area contributed by atoms with Gasteiger partial charge in [-0.15, -0.1) is 0 Å². The van der Waals surface area contributed by atoms with Crippen molar-refractivity contribution in [2.75, 3.05) is 32.7 Å². The molecule has 9 heteroatoms. The molecule has 2 fully saturated rings. The molecule has 180 valence electrons.